The molecule has 1 N–H and O–H groups in total. The Morgan fingerprint density at radius 1 is 1.03 bits per heavy atom. The molecule has 1 amide bonds. The van der Waals surface area contributed by atoms with Crippen molar-refractivity contribution >= 4 is 35.0 Å². The van der Waals surface area contributed by atoms with E-state index < -0.39 is 5.97 Å². The summed E-state index contributed by atoms with van der Waals surface area (Å²) in [4.78, 5) is 24.1. The molecule has 0 aliphatic rings. The van der Waals surface area contributed by atoms with Crippen LogP contribution in [0.15, 0.2) is 65.8 Å². The third-order valence-electron chi connectivity index (χ3n) is 4.63. The van der Waals surface area contributed by atoms with Gasteiger partial charge < -0.3 is 14.8 Å². The minimum absolute atomic E-state index is 0.112. The SMILES string of the molecule is CCOC(=O)c1ccc(NC(=O)CSc2nnc3ccc(-c4ccccc4OC)nn23)cc1. The second-order valence-corrected chi connectivity index (χ2v) is 7.75. The number of carbonyl (C=O) groups excluding carboxylic acids is 2. The number of nitrogens with zero attached hydrogens (tertiary/aromatic N) is 4. The molecule has 0 bridgehead atoms. The Morgan fingerprint density at radius 3 is 2.58 bits per heavy atom. The molecule has 0 atom stereocenters. The largest absolute Gasteiger partial charge is 0.496 e. The number of fused-ring (bicyclic) bond motifs is 1. The van der Waals surface area contributed by atoms with E-state index in [1.54, 1.807) is 42.8 Å². The molecule has 2 aromatic heterocycles. The maximum atomic E-state index is 12.4. The zero-order valence-corrected chi connectivity index (χ0v) is 18.8. The first-order valence-corrected chi connectivity index (χ1v) is 11.1. The van der Waals surface area contributed by atoms with Gasteiger partial charge in [0.15, 0.2) is 5.65 Å². The smallest absolute Gasteiger partial charge is 0.338 e. The number of hydrogen-bond donors (Lipinski definition) is 1. The summed E-state index contributed by atoms with van der Waals surface area (Å²) >= 11 is 1.22. The molecule has 4 rings (SSSR count). The first-order chi connectivity index (χ1) is 16.1. The Bertz CT molecular complexity index is 1290. The second-order valence-electron chi connectivity index (χ2n) is 6.81. The molecule has 33 heavy (non-hydrogen) atoms. The molecule has 9 nitrogen and oxygen atoms in total. The molecule has 0 radical (unpaired) electrons. The van der Waals surface area contributed by atoms with Crippen LogP contribution in [0.3, 0.4) is 0 Å². The fourth-order valence-electron chi connectivity index (χ4n) is 3.09. The molecule has 4 aromatic rings. The Morgan fingerprint density at radius 2 is 1.82 bits per heavy atom. The number of rotatable bonds is 8. The molecule has 0 saturated heterocycles. The van der Waals surface area contributed by atoms with Gasteiger partial charge in [-0.15, -0.1) is 10.2 Å². The van der Waals surface area contributed by atoms with E-state index in [-0.39, 0.29) is 11.7 Å². The van der Waals surface area contributed by atoms with E-state index in [0.717, 1.165) is 5.56 Å². The van der Waals surface area contributed by atoms with E-state index in [2.05, 4.69) is 20.6 Å². The lowest BCUT2D eigenvalue weighted by Gasteiger charge is -2.08. The van der Waals surface area contributed by atoms with Crippen molar-refractivity contribution in [2.45, 2.75) is 12.1 Å². The summed E-state index contributed by atoms with van der Waals surface area (Å²) in [6, 6.07) is 17.8. The normalized spacial score (nSPS) is 10.7. The molecule has 0 aliphatic heterocycles. The lowest BCUT2D eigenvalue weighted by atomic mass is 10.1. The molecular formula is C23H21N5O4S. The number of ether oxygens (including phenoxy) is 2. The van der Waals surface area contributed by atoms with Gasteiger partial charge in [0.1, 0.15) is 5.75 Å². The fourth-order valence-corrected chi connectivity index (χ4v) is 3.78. The van der Waals surface area contributed by atoms with Crippen molar-refractivity contribution in [1.82, 2.24) is 19.8 Å². The third kappa shape index (κ3) is 5.12. The Labute approximate surface area is 194 Å². The van der Waals surface area contributed by atoms with Gasteiger partial charge in [-0.3, -0.25) is 4.79 Å². The van der Waals surface area contributed by atoms with Gasteiger partial charge in [0.2, 0.25) is 11.1 Å². The van der Waals surface area contributed by atoms with Crippen molar-refractivity contribution < 1.29 is 19.1 Å². The summed E-state index contributed by atoms with van der Waals surface area (Å²) < 4.78 is 12.0. The summed E-state index contributed by atoms with van der Waals surface area (Å²) in [6.45, 7) is 2.05. The molecule has 2 aromatic carbocycles. The van der Waals surface area contributed by atoms with Crippen LogP contribution < -0.4 is 10.1 Å². The monoisotopic (exact) mass is 463 g/mol. The number of esters is 1. The van der Waals surface area contributed by atoms with Crippen molar-refractivity contribution in [2.24, 2.45) is 0 Å². The highest BCUT2D eigenvalue weighted by atomic mass is 32.2. The average molecular weight is 464 g/mol. The van der Waals surface area contributed by atoms with Crippen LogP contribution in [0.2, 0.25) is 0 Å². The first kappa shape index (κ1) is 22.3. The number of anilines is 1. The summed E-state index contributed by atoms with van der Waals surface area (Å²) in [6.07, 6.45) is 0. The Kier molecular flexibility index (Phi) is 6.84. The van der Waals surface area contributed by atoms with Gasteiger partial charge in [-0.1, -0.05) is 23.9 Å². The van der Waals surface area contributed by atoms with Gasteiger partial charge in [-0.05, 0) is 55.5 Å². The standard InChI is InChI=1S/C23H21N5O4S/c1-3-32-22(30)15-8-10-16(11-9-15)24-21(29)14-33-23-26-25-20-13-12-18(27-28(20)23)17-6-4-5-7-19(17)31-2/h4-13H,3,14H2,1-2H3,(H,24,29). The maximum Gasteiger partial charge on any atom is 0.338 e. The van der Waals surface area contributed by atoms with E-state index in [4.69, 9.17) is 9.47 Å². The number of amides is 1. The number of thioether (sulfide) groups is 1. The first-order valence-electron chi connectivity index (χ1n) is 10.1. The summed E-state index contributed by atoms with van der Waals surface area (Å²) in [7, 11) is 1.61. The zero-order valence-electron chi connectivity index (χ0n) is 18.0. The van der Waals surface area contributed by atoms with Crippen LogP contribution in [0, 0.1) is 0 Å². The van der Waals surface area contributed by atoms with Crippen LogP contribution in [0.25, 0.3) is 16.9 Å². The molecule has 0 aliphatic carbocycles. The number of hydrogen-bond acceptors (Lipinski definition) is 8. The van der Waals surface area contributed by atoms with Crippen molar-refractivity contribution in [3.8, 4) is 17.0 Å². The van der Waals surface area contributed by atoms with E-state index in [1.165, 1.54) is 11.8 Å². The van der Waals surface area contributed by atoms with Crippen molar-refractivity contribution in [1.29, 1.82) is 0 Å². The van der Waals surface area contributed by atoms with Gasteiger partial charge in [0.05, 0.1) is 30.7 Å². The van der Waals surface area contributed by atoms with E-state index in [1.807, 2.05) is 36.4 Å². The highest BCUT2D eigenvalue weighted by molar-refractivity contribution is 7.99. The lowest BCUT2D eigenvalue weighted by Crippen LogP contribution is -2.14. The van der Waals surface area contributed by atoms with E-state index in [9.17, 15) is 9.59 Å². The summed E-state index contributed by atoms with van der Waals surface area (Å²) in [5, 5.41) is 16.2. The number of carbonyl (C=O) groups is 2. The molecule has 0 spiro atoms. The molecule has 168 valence electrons. The van der Waals surface area contributed by atoms with Crippen LogP contribution >= 0.6 is 11.8 Å². The average Bonchev–Trinajstić information content (AvgIpc) is 3.25. The number of benzene rings is 2. The fraction of sp³-hybridized carbons (Fsp3) is 0.174. The topological polar surface area (TPSA) is 108 Å². The van der Waals surface area contributed by atoms with Crippen LogP contribution in [-0.4, -0.2) is 51.2 Å². The maximum absolute atomic E-state index is 12.4. The molecule has 0 fully saturated rings. The summed E-state index contributed by atoms with van der Waals surface area (Å²) in [5.74, 6) is 0.201. The van der Waals surface area contributed by atoms with Crippen LogP contribution in [0.1, 0.15) is 17.3 Å². The van der Waals surface area contributed by atoms with Crippen LogP contribution in [0.4, 0.5) is 5.69 Å². The quantitative estimate of drug-likeness (QED) is 0.311. The minimum Gasteiger partial charge on any atom is -0.496 e. The number of nitrogens with one attached hydrogen (secondary N) is 1. The molecule has 0 saturated carbocycles. The van der Waals surface area contributed by atoms with Crippen molar-refractivity contribution in [3.63, 3.8) is 0 Å². The van der Waals surface area contributed by atoms with Crippen LogP contribution in [0.5, 0.6) is 5.75 Å². The number of methoxy groups -OCH3 is 1. The lowest BCUT2D eigenvalue weighted by molar-refractivity contribution is -0.113. The van der Waals surface area contributed by atoms with Gasteiger partial charge >= 0.3 is 5.97 Å². The van der Waals surface area contributed by atoms with Gasteiger partial charge in [-0.25, -0.2) is 4.79 Å². The van der Waals surface area contributed by atoms with Crippen molar-refractivity contribution in [3.05, 3.63) is 66.2 Å². The highest BCUT2D eigenvalue weighted by Crippen LogP contribution is 2.28. The third-order valence-corrected chi connectivity index (χ3v) is 5.55. The van der Waals surface area contributed by atoms with Gasteiger partial charge in [0.25, 0.3) is 0 Å². The Hall–Kier alpha value is -3.92. The minimum atomic E-state index is -0.399. The van der Waals surface area contributed by atoms with E-state index in [0.29, 0.717) is 40.1 Å². The summed E-state index contributed by atoms with van der Waals surface area (Å²) in [5.41, 5.74) is 3.13. The second kappa shape index (κ2) is 10.1. The highest BCUT2D eigenvalue weighted by Gasteiger charge is 2.14. The number of para-hydroxylation sites is 1. The Balaban J connectivity index is 1.44. The number of aromatic nitrogens is 4. The molecular weight excluding hydrogens is 442 g/mol. The molecule has 10 heteroatoms. The molecule has 2 heterocycles. The van der Waals surface area contributed by atoms with Gasteiger partial charge in [-0.2, -0.15) is 9.61 Å². The van der Waals surface area contributed by atoms with Crippen LogP contribution in [-0.2, 0) is 9.53 Å². The van der Waals surface area contributed by atoms with Crippen molar-refractivity contribution in [2.75, 3.05) is 24.8 Å². The predicted molar refractivity (Wildman–Crippen MR) is 125 cm³/mol. The zero-order chi connectivity index (χ0) is 23.2. The molecule has 0 unspecified atom stereocenters. The predicted octanol–water partition coefficient (Wildman–Crippen LogP) is 3.71. The van der Waals surface area contributed by atoms with Gasteiger partial charge in [0, 0.05) is 11.3 Å². The van der Waals surface area contributed by atoms with E-state index >= 15 is 0 Å².